The van der Waals surface area contributed by atoms with Crippen molar-refractivity contribution in [2.24, 2.45) is 0 Å². The zero-order chi connectivity index (χ0) is 9.52. The van der Waals surface area contributed by atoms with Crippen molar-refractivity contribution in [2.45, 2.75) is 6.54 Å². The van der Waals surface area contributed by atoms with Crippen molar-refractivity contribution in [2.75, 3.05) is 19.7 Å². The molecule has 1 aromatic heterocycles. The number of aromatic nitrogens is 1. The van der Waals surface area contributed by atoms with Crippen molar-refractivity contribution < 1.29 is 5.11 Å². The maximum absolute atomic E-state index is 8.80. The highest BCUT2D eigenvalue weighted by molar-refractivity contribution is 7.09. The van der Waals surface area contributed by atoms with Gasteiger partial charge in [0.15, 0.2) is 0 Å². The molecule has 0 saturated heterocycles. The van der Waals surface area contributed by atoms with Crippen molar-refractivity contribution >= 4 is 11.3 Å². The van der Waals surface area contributed by atoms with Gasteiger partial charge in [-0.2, -0.15) is 0 Å². The van der Waals surface area contributed by atoms with E-state index in [9.17, 15) is 0 Å². The van der Waals surface area contributed by atoms with Gasteiger partial charge in [-0.1, -0.05) is 6.08 Å². The molecule has 0 spiro atoms. The molecule has 1 heterocycles. The fourth-order valence-electron chi connectivity index (χ4n) is 1.08. The molecule has 1 N–H and O–H groups in total. The van der Waals surface area contributed by atoms with E-state index in [2.05, 4.69) is 16.5 Å². The van der Waals surface area contributed by atoms with Crippen molar-refractivity contribution in [1.82, 2.24) is 9.88 Å². The molecule has 0 aromatic carbocycles. The maximum Gasteiger partial charge on any atom is 0.107 e. The van der Waals surface area contributed by atoms with Gasteiger partial charge in [0.05, 0.1) is 13.2 Å². The lowest BCUT2D eigenvalue weighted by Gasteiger charge is -2.17. The van der Waals surface area contributed by atoms with Crippen LogP contribution in [0.25, 0.3) is 0 Å². The quantitative estimate of drug-likeness (QED) is 0.696. The predicted molar refractivity (Wildman–Crippen MR) is 54.7 cm³/mol. The summed E-state index contributed by atoms with van der Waals surface area (Å²) in [7, 11) is 0. The molecule has 0 saturated carbocycles. The molecule has 4 heteroatoms. The first-order valence-corrected chi connectivity index (χ1v) is 5.07. The van der Waals surface area contributed by atoms with Crippen LogP contribution in [0.3, 0.4) is 0 Å². The van der Waals surface area contributed by atoms with Gasteiger partial charge in [-0.15, -0.1) is 17.9 Å². The lowest BCUT2D eigenvalue weighted by molar-refractivity contribution is 0.203. The third kappa shape index (κ3) is 3.67. The predicted octanol–water partition coefficient (Wildman–Crippen LogP) is 1.12. The fourth-order valence-corrected chi connectivity index (χ4v) is 1.74. The third-order valence-corrected chi connectivity index (χ3v) is 2.41. The molecule has 0 atom stereocenters. The SMILES string of the molecule is C=CCN(CCO)Cc1nccs1. The molecule has 0 aliphatic rings. The minimum atomic E-state index is 0.180. The maximum atomic E-state index is 8.80. The number of thiazole rings is 1. The van der Waals surface area contributed by atoms with E-state index in [-0.39, 0.29) is 6.61 Å². The van der Waals surface area contributed by atoms with Crippen LogP contribution in [-0.4, -0.2) is 34.7 Å². The molecule has 0 bridgehead atoms. The van der Waals surface area contributed by atoms with E-state index in [0.717, 1.165) is 18.1 Å². The monoisotopic (exact) mass is 198 g/mol. The van der Waals surface area contributed by atoms with E-state index in [1.54, 1.807) is 17.5 Å². The van der Waals surface area contributed by atoms with Gasteiger partial charge in [0, 0.05) is 24.7 Å². The van der Waals surface area contributed by atoms with E-state index in [1.165, 1.54) is 0 Å². The number of nitrogens with zero attached hydrogens (tertiary/aromatic N) is 2. The van der Waals surface area contributed by atoms with E-state index in [4.69, 9.17) is 5.11 Å². The van der Waals surface area contributed by atoms with Crippen LogP contribution in [0.4, 0.5) is 0 Å². The molecule has 0 amide bonds. The Bertz CT molecular complexity index is 236. The van der Waals surface area contributed by atoms with Gasteiger partial charge < -0.3 is 5.11 Å². The normalized spacial score (nSPS) is 10.6. The first-order valence-electron chi connectivity index (χ1n) is 4.19. The van der Waals surface area contributed by atoms with E-state index < -0.39 is 0 Å². The van der Waals surface area contributed by atoms with Gasteiger partial charge in [0.1, 0.15) is 5.01 Å². The number of rotatable bonds is 6. The molecule has 1 aromatic rings. The van der Waals surface area contributed by atoms with Gasteiger partial charge in [0.25, 0.3) is 0 Å². The highest BCUT2D eigenvalue weighted by Gasteiger charge is 2.04. The van der Waals surface area contributed by atoms with Gasteiger partial charge in [0.2, 0.25) is 0 Å². The van der Waals surface area contributed by atoms with Gasteiger partial charge in [-0.25, -0.2) is 4.98 Å². The standard InChI is InChI=1S/C9H14N2OS/c1-2-4-11(5-6-12)8-9-10-3-7-13-9/h2-3,7,12H,1,4-6,8H2. The van der Waals surface area contributed by atoms with Crippen LogP contribution in [-0.2, 0) is 6.54 Å². The highest BCUT2D eigenvalue weighted by Crippen LogP contribution is 2.07. The van der Waals surface area contributed by atoms with E-state index >= 15 is 0 Å². The minimum Gasteiger partial charge on any atom is -0.395 e. The molecule has 0 aliphatic carbocycles. The van der Waals surface area contributed by atoms with Crippen molar-refractivity contribution in [1.29, 1.82) is 0 Å². The van der Waals surface area contributed by atoms with Crippen molar-refractivity contribution in [3.05, 3.63) is 29.2 Å². The van der Waals surface area contributed by atoms with Crippen LogP contribution in [0.1, 0.15) is 5.01 Å². The summed E-state index contributed by atoms with van der Waals surface area (Å²) in [4.78, 5) is 6.28. The Morgan fingerprint density at radius 1 is 1.69 bits per heavy atom. The summed E-state index contributed by atoms with van der Waals surface area (Å²) in [6.07, 6.45) is 3.63. The Morgan fingerprint density at radius 2 is 2.54 bits per heavy atom. The molecule has 0 aliphatic heterocycles. The first kappa shape index (κ1) is 10.4. The van der Waals surface area contributed by atoms with E-state index in [1.807, 2.05) is 11.5 Å². The molecular formula is C9H14N2OS. The zero-order valence-electron chi connectivity index (χ0n) is 7.52. The van der Waals surface area contributed by atoms with Gasteiger partial charge in [-0.3, -0.25) is 4.90 Å². The van der Waals surface area contributed by atoms with Crippen molar-refractivity contribution in [3.8, 4) is 0 Å². The number of aliphatic hydroxyl groups excluding tert-OH is 1. The lowest BCUT2D eigenvalue weighted by atomic mass is 10.4. The lowest BCUT2D eigenvalue weighted by Crippen LogP contribution is -2.26. The summed E-state index contributed by atoms with van der Waals surface area (Å²) in [5, 5.41) is 11.8. The summed E-state index contributed by atoms with van der Waals surface area (Å²) in [5.74, 6) is 0. The molecule has 0 unspecified atom stereocenters. The zero-order valence-corrected chi connectivity index (χ0v) is 8.33. The second-order valence-corrected chi connectivity index (χ2v) is 3.65. The number of aliphatic hydroxyl groups is 1. The molecular weight excluding hydrogens is 184 g/mol. The van der Waals surface area contributed by atoms with Gasteiger partial charge in [-0.05, 0) is 0 Å². The molecule has 0 fully saturated rings. The Kier molecular flexibility index (Phi) is 4.67. The Balaban J connectivity index is 2.42. The minimum absolute atomic E-state index is 0.180. The Hall–Kier alpha value is -0.710. The van der Waals surface area contributed by atoms with Crippen LogP contribution >= 0.6 is 11.3 Å². The summed E-state index contributed by atoms with van der Waals surface area (Å²) in [5.41, 5.74) is 0. The van der Waals surface area contributed by atoms with Crippen LogP contribution in [0.2, 0.25) is 0 Å². The first-order chi connectivity index (χ1) is 6.36. The summed E-state index contributed by atoms with van der Waals surface area (Å²) in [6, 6.07) is 0. The van der Waals surface area contributed by atoms with Crippen LogP contribution in [0.5, 0.6) is 0 Å². The third-order valence-electron chi connectivity index (χ3n) is 1.65. The second kappa shape index (κ2) is 5.85. The number of hydrogen-bond donors (Lipinski definition) is 1. The van der Waals surface area contributed by atoms with Crippen molar-refractivity contribution in [3.63, 3.8) is 0 Å². The second-order valence-electron chi connectivity index (χ2n) is 2.67. The van der Waals surface area contributed by atoms with Crippen LogP contribution in [0.15, 0.2) is 24.2 Å². The fraction of sp³-hybridized carbons (Fsp3) is 0.444. The van der Waals surface area contributed by atoms with E-state index in [0.29, 0.717) is 6.54 Å². The Morgan fingerprint density at radius 3 is 3.08 bits per heavy atom. The molecule has 72 valence electrons. The van der Waals surface area contributed by atoms with Crippen LogP contribution < -0.4 is 0 Å². The average molecular weight is 198 g/mol. The molecule has 1 rings (SSSR count). The van der Waals surface area contributed by atoms with Gasteiger partial charge >= 0.3 is 0 Å². The molecule has 3 nitrogen and oxygen atoms in total. The average Bonchev–Trinajstić information content (AvgIpc) is 2.58. The smallest absolute Gasteiger partial charge is 0.107 e. The summed E-state index contributed by atoms with van der Waals surface area (Å²) < 4.78 is 0. The summed E-state index contributed by atoms with van der Waals surface area (Å²) >= 11 is 1.63. The molecule has 13 heavy (non-hydrogen) atoms. The Labute approximate surface area is 82.3 Å². The highest BCUT2D eigenvalue weighted by atomic mass is 32.1. The number of hydrogen-bond acceptors (Lipinski definition) is 4. The van der Waals surface area contributed by atoms with Crippen LogP contribution in [0, 0.1) is 0 Å². The molecule has 0 radical (unpaired) electrons. The topological polar surface area (TPSA) is 36.4 Å². The largest absolute Gasteiger partial charge is 0.395 e. The summed E-state index contributed by atoms with van der Waals surface area (Å²) in [6.45, 7) is 6.11.